The molecule has 0 aromatic carbocycles. The summed E-state index contributed by atoms with van der Waals surface area (Å²) in [4.78, 5) is 15.0. The first kappa shape index (κ1) is 10.0. The molecule has 0 spiro atoms. The lowest BCUT2D eigenvalue weighted by molar-refractivity contribution is -0.119. The molecule has 15 heavy (non-hydrogen) atoms. The first-order valence-electron chi connectivity index (χ1n) is 4.60. The van der Waals surface area contributed by atoms with Gasteiger partial charge in [0.2, 0.25) is 5.91 Å². The van der Waals surface area contributed by atoms with Crippen molar-refractivity contribution in [1.82, 2.24) is 10.3 Å². The lowest BCUT2D eigenvalue weighted by Crippen LogP contribution is -2.22. The summed E-state index contributed by atoms with van der Waals surface area (Å²) in [6, 6.07) is 3.32. The van der Waals surface area contributed by atoms with Gasteiger partial charge in [-0.2, -0.15) is 0 Å². The Bertz CT molecular complexity index is 375. The van der Waals surface area contributed by atoms with Crippen LogP contribution in [0.3, 0.4) is 0 Å². The summed E-state index contributed by atoms with van der Waals surface area (Å²) in [6.07, 6.45) is 0.452. The number of hydrogen-bond acceptors (Lipinski definition) is 4. The second-order valence-electron chi connectivity index (χ2n) is 3.46. The van der Waals surface area contributed by atoms with E-state index in [4.69, 9.17) is 17.3 Å². The minimum Gasteiger partial charge on any atom is -0.399 e. The van der Waals surface area contributed by atoms with E-state index in [0.29, 0.717) is 29.6 Å². The molecule has 1 aliphatic rings. The van der Waals surface area contributed by atoms with Gasteiger partial charge in [0.15, 0.2) is 0 Å². The zero-order valence-electron chi connectivity index (χ0n) is 7.96. The third kappa shape index (κ3) is 2.50. The SMILES string of the molecule is Nc1cc(Cl)nc(NC2CNC(=O)C2)c1. The molecule has 1 aromatic rings. The normalized spacial score (nSPS) is 20.1. The highest BCUT2D eigenvalue weighted by atomic mass is 35.5. The van der Waals surface area contributed by atoms with Gasteiger partial charge in [0.05, 0.1) is 6.04 Å². The van der Waals surface area contributed by atoms with Crippen LogP contribution in [0.1, 0.15) is 6.42 Å². The molecule has 0 bridgehead atoms. The Kier molecular flexibility index (Phi) is 2.64. The molecule has 5 nitrogen and oxygen atoms in total. The molecule has 1 atom stereocenters. The van der Waals surface area contributed by atoms with Crippen LogP contribution < -0.4 is 16.4 Å². The van der Waals surface area contributed by atoms with Crippen molar-refractivity contribution in [3.63, 3.8) is 0 Å². The van der Waals surface area contributed by atoms with Gasteiger partial charge in [-0.05, 0) is 6.07 Å². The van der Waals surface area contributed by atoms with Gasteiger partial charge >= 0.3 is 0 Å². The molecular formula is C9H11ClN4O. The number of carbonyl (C=O) groups is 1. The second kappa shape index (κ2) is 3.94. The molecule has 2 rings (SSSR count). The minimum absolute atomic E-state index is 0.0440. The van der Waals surface area contributed by atoms with Crippen LogP contribution in [0.2, 0.25) is 5.15 Å². The van der Waals surface area contributed by atoms with E-state index in [9.17, 15) is 4.79 Å². The van der Waals surface area contributed by atoms with Gasteiger partial charge in [-0.3, -0.25) is 4.79 Å². The predicted molar refractivity (Wildman–Crippen MR) is 58.7 cm³/mol. The van der Waals surface area contributed by atoms with Gasteiger partial charge in [-0.1, -0.05) is 11.6 Å². The van der Waals surface area contributed by atoms with E-state index in [1.165, 1.54) is 0 Å². The number of amides is 1. The van der Waals surface area contributed by atoms with Crippen LogP contribution in [-0.2, 0) is 4.79 Å². The molecule has 1 amide bonds. The molecule has 0 saturated carbocycles. The topological polar surface area (TPSA) is 80.0 Å². The Morgan fingerprint density at radius 3 is 3.00 bits per heavy atom. The Balaban J connectivity index is 2.07. The first-order valence-corrected chi connectivity index (χ1v) is 4.97. The van der Waals surface area contributed by atoms with Crippen LogP contribution in [-0.4, -0.2) is 23.5 Å². The van der Waals surface area contributed by atoms with Crippen molar-refractivity contribution in [3.8, 4) is 0 Å². The number of anilines is 2. The van der Waals surface area contributed by atoms with E-state index in [-0.39, 0.29) is 11.9 Å². The van der Waals surface area contributed by atoms with Crippen LogP contribution in [0.5, 0.6) is 0 Å². The number of carbonyl (C=O) groups excluding carboxylic acids is 1. The van der Waals surface area contributed by atoms with Crippen molar-refractivity contribution in [2.24, 2.45) is 0 Å². The molecule has 80 valence electrons. The lowest BCUT2D eigenvalue weighted by Gasteiger charge is -2.11. The lowest BCUT2D eigenvalue weighted by atomic mass is 10.2. The molecule has 1 saturated heterocycles. The van der Waals surface area contributed by atoms with Crippen LogP contribution in [0.15, 0.2) is 12.1 Å². The van der Waals surface area contributed by atoms with Crippen molar-refractivity contribution in [2.45, 2.75) is 12.5 Å². The van der Waals surface area contributed by atoms with E-state index in [0.717, 1.165) is 0 Å². The average Bonchev–Trinajstić information content (AvgIpc) is 2.49. The molecular weight excluding hydrogens is 216 g/mol. The Morgan fingerprint density at radius 2 is 2.40 bits per heavy atom. The molecule has 1 unspecified atom stereocenters. The molecule has 0 radical (unpaired) electrons. The number of nitrogens with zero attached hydrogens (tertiary/aromatic N) is 1. The first-order chi connectivity index (χ1) is 7.13. The monoisotopic (exact) mass is 226 g/mol. The number of rotatable bonds is 2. The highest BCUT2D eigenvalue weighted by Gasteiger charge is 2.21. The zero-order valence-corrected chi connectivity index (χ0v) is 8.71. The fraction of sp³-hybridized carbons (Fsp3) is 0.333. The number of nitrogens with two attached hydrogens (primary N) is 1. The van der Waals surface area contributed by atoms with E-state index in [2.05, 4.69) is 15.6 Å². The van der Waals surface area contributed by atoms with E-state index in [1.807, 2.05) is 0 Å². The van der Waals surface area contributed by atoms with Crippen molar-refractivity contribution < 1.29 is 4.79 Å². The fourth-order valence-corrected chi connectivity index (χ4v) is 1.72. The molecule has 2 heterocycles. The second-order valence-corrected chi connectivity index (χ2v) is 3.85. The fourth-order valence-electron chi connectivity index (χ4n) is 1.51. The molecule has 1 aliphatic heterocycles. The zero-order chi connectivity index (χ0) is 10.8. The van der Waals surface area contributed by atoms with E-state index in [1.54, 1.807) is 12.1 Å². The quantitative estimate of drug-likeness (QED) is 0.646. The molecule has 1 fully saturated rings. The van der Waals surface area contributed by atoms with Crippen molar-refractivity contribution in [3.05, 3.63) is 17.3 Å². The highest BCUT2D eigenvalue weighted by molar-refractivity contribution is 6.29. The summed E-state index contributed by atoms with van der Waals surface area (Å²) in [5.74, 6) is 0.643. The number of nitrogens with one attached hydrogen (secondary N) is 2. The molecule has 0 aliphatic carbocycles. The van der Waals surface area contributed by atoms with E-state index >= 15 is 0 Å². The summed E-state index contributed by atoms with van der Waals surface area (Å²) >= 11 is 5.75. The highest BCUT2D eigenvalue weighted by Crippen LogP contribution is 2.17. The van der Waals surface area contributed by atoms with Gasteiger partial charge in [-0.25, -0.2) is 4.98 Å². The smallest absolute Gasteiger partial charge is 0.222 e. The summed E-state index contributed by atoms with van der Waals surface area (Å²) in [7, 11) is 0. The Hall–Kier alpha value is -1.49. The van der Waals surface area contributed by atoms with Crippen LogP contribution in [0.25, 0.3) is 0 Å². The maximum Gasteiger partial charge on any atom is 0.222 e. The summed E-state index contributed by atoms with van der Waals surface area (Å²) in [5.41, 5.74) is 6.16. The van der Waals surface area contributed by atoms with Crippen molar-refractivity contribution in [1.29, 1.82) is 0 Å². The summed E-state index contributed by atoms with van der Waals surface area (Å²) in [6.45, 7) is 0.604. The number of pyridine rings is 1. The van der Waals surface area contributed by atoms with Crippen molar-refractivity contribution in [2.75, 3.05) is 17.6 Å². The maximum atomic E-state index is 11.0. The van der Waals surface area contributed by atoms with Gasteiger partial charge in [0.1, 0.15) is 11.0 Å². The third-order valence-electron chi connectivity index (χ3n) is 2.15. The summed E-state index contributed by atoms with van der Waals surface area (Å²) < 4.78 is 0. The van der Waals surface area contributed by atoms with Gasteiger partial charge in [-0.15, -0.1) is 0 Å². The van der Waals surface area contributed by atoms with Crippen LogP contribution in [0, 0.1) is 0 Å². The van der Waals surface area contributed by atoms with Crippen LogP contribution in [0.4, 0.5) is 11.5 Å². The largest absolute Gasteiger partial charge is 0.399 e. The number of aromatic nitrogens is 1. The van der Waals surface area contributed by atoms with E-state index < -0.39 is 0 Å². The minimum atomic E-state index is 0.0440. The standard InChI is InChI=1S/C9H11ClN4O/c10-7-1-5(11)2-8(14-7)13-6-3-9(15)12-4-6/h1-2,6H,3-4H2,(H,12,15)(H3,11,13,14). The molecule has 4 N–H and O–H groups in total. The number of nitrogen functional groups attached to an aromatic ring is 1. The van der Waals surface area contributed by atoms with Crippen LogP contribution >= 0.6 is 11.6 Å². The van der Waals surface area contributed by atoms with Gasteiger partial charge in [0.25, 0.3) is 0 Å². The average molecular weight is 227 g/mol. The maximum absolute atomic E-state index is 11.0. The Morgan fingerprint density at radius 1 is 1.60 bits per heavy atom. The van der Waals surface area contributed by atoms with Gasteiger partial charge in [0, 0.05) is 24.7 Å². The number of halogens is 1. The third-order valence-corrected chi connectivity index (χ3v) is 2.34. The van der Waals surface area contributed by atoms with Gasteiger partial charge < -0.3 is 16.4 Å². The molecule has 6 heteroatoms. The van der Waals surface area contributed by atoms with Crippen molar-refractivity contribution >= 4 is 29.0 Å². The predicted octanol–water partition coefficient (Wildman–Crippen LogP) is 0.618. The molecule has 1 aromatic heterocycles. The summed E-state index contributed by atoms with van der Waals surface area (Å²) in [5, 5.41) is 6.16. The Labute approximate surface area is 92.0 Å². The number of hydrogen-bond donors (Lipinski definition) is 3.